The number of rotatable bonds is 7. The standard InChI is InChI=1S/C14H22N4O4S2/c1-10(19)16-8-12-4-5-14(23-12)24(21,22)17-9-13(20)18-11-3-2-6-15-7-11/h4-5,11,15,17H,2-3,6-9H2,1H3,(H,16,19)(H,18,20)/t11-/m0/s1. The second-order valence-corrected chi connectivity index (χ2v) is 8.73. The van der Waals surface area contributed by atoms with Crippen LogP contribution in [0.4, 0.5) is 0 Å². The summed E-state index contributed by atoms with van der Waals surface area (Å²) in [6.07, 6.45) is 1.88. The third-order valence-corrected chi connectivity index (χ3v) is 6.48. The van der Waals surface area contributed by atoms with Gasteiger partial charge in [0, 0.05) is 24.4 Å². The number of hydrogen-bond donors (Lipinski definition) is 4. The van der Waals surface area contributed by atoms with Gasteiger partial charge < -0.3 is 16.0 Å². The zero-order valence-electron chi connectivity index (χ0n) is 13.4. The van der Waals surface area contributed by atoms with Gasteiger partial charge in [-0.05, 0) is 31.5 Å². The lowest BCUT2D eigenvalue weighted by Gasteiger charge is -2.23. The van der Waals surface area contributed by atoms with Crippen LogP contribution in [0.15, 0.2) is 16.3 Å². The molecule has 10 heteroatoms. The number of sulfonamides is 1. The molecule has 1 saturated heterocycles. The fourth-order valence-electron chi connectivity index (χ4n) is 2.29. The molecular formula is C14H22N4O4S2. The summed E-state index contributed by atoms with van der Waals surface area (Å²) in [5.74, 6) is -0.526. The Balaban J connectivity index is 1.84. The van der Waals surface area contributed by atoms with E-state index in [-0.39, 0.29) is 35.2 Å². The Bertz CT molecular complexity index is 681. The molecule has 2 heterocycles. The molecule has 134 valence electrons. The first-order valence-electron chi connectivity index (χ1n) is 7.70. The van der Waals surface area contributed by atoms with Crippen molar-refractivity contribution in [2.24, 2.45) is 0 Å². The summed E-state index contributed by atoms with van der Waals surface area (Å²) < 4.78 is 26.8. The Kier molecular flexibility index (Phi) is 6.72. The molecule has 1 aliphatic rings. The zero-order chi connectivity index (χ0) is 17.6. The quantitative estimate of drug-likeness (QED) is 0.515. The van der Waals surface area contributed by atoms with E-state index in [0.717, 1.165) is 35.6 Å². The molecule has 0 aliphatic carbocycles. The molecule has 0 bridgehead atoms. The molecule has 0 unspecified atom stereocenters. The minimum atomic E-state index is -3.73. The molecule has 4 N–H and O–H groups in total. The highest BCUT2D eigenvalue weighted by atomic mass is 32.2. The summed E-state index contributed by atoms with van der Waals surface area (Å²) in [5.41, 5.74) is 0. The molecule has 1 atom stereocenters. The smallest absolute Gasteiger partial charge is 0.250 e. The Labute approximate surface area is 145 Å². The number of thiophene rings is 1. The van der Waals surface area contributed by atoms with Gasteiger partial charge in [0.25, 0.3) is 10.0 Å². The van der Waals surface area contributed by atoms with E-state index in [4.69, 9.17) is 0 Å². The van der Waals surface area contributed by atoms with Crippen LogP contribution in [0.25, 0.3) is 0 Å². The number of carbonyl (C=O) groups excluding carboxylic acids is 2. The van der Waals surface area contributed by atoms with Crippen LogP contribution in [0.3, 0.4) is 0 Å². The minimum Gasteiger partial charge on any atom is -0.351 e. The van der Waals surface area contributed by atoms with E-state index in [1.165, 1.54) is 13.0 Å². The van der Waals surface area contributed by atoms with Crippen LogP contribution in [0.5, 0.6) is 0 Å². The molecule has 0 aromatic carbocycles. The van der Waals surface area contributed by atoms with Gasteiger partial charge >= 0.3 is 0 Å². The van der Waals surface area contributed by atoms with Crippen molar-refractivity contribution in [3.05, 3.63) is 17.0 Å². The van der Waals surface area contributed by atoms with Crippen LogP contribution < -0.4 is 20.7 Å². The van der Waals surface area contributed by atoms with Crippen molar-refractivity contribution >= 4 is 33.2 Å². The Hall–Kier alpha value is -1.49. The highest BCUT2D eigenvalue weighted by Crippen LogP contribution is 2.21. The normalized spacial score (nSPS) is 18.1. The highest BCUT2D eigenvalue weighted by Gasteiger charge is 2.20. The zero-order valence-corrected chi connectivity index (χ0v) is 15.1. The van der Waals surface area contributed by atoms with Gasteiger partial charge in [-0.25, -0.2) is 13.1 Å². The second kappa shape index (κ2) is 8.56. The van der Waals surface area contributed by atoms with Crippen molar-refractivity contribution in [2.45, 2.75) is 36.6 Å². The number of nitrogens with one attached hydrogen (secondary N) is 4. The van der Waals surface area contributed by atoms with Gasteiger partial charge in [0.15, 0.2) is 0 Å². The van der Waals surface area contributed by atoms with Crippen LogP contribution >= 0.6 is 11.3 Å². The van der Waals surface area contributed by atoms with E-state index in [2.05, 4.69) is 20.7 Å². The molecule has 8 nitrogen and oxygen atoms in total. The van der Waals surface area contributed by atoms with Crippen molar-refractivity contribution in [3.8, 4) is 0 Å². The Morgan fingerprint density at radius 1 is 1.38 bits per heavy atom. The van der Waals surface area contributed by atoms with Gasteiger partial charge in [-0.3, -0.25) is 9.59 Å². The van der Waals surface area contributed by atoms with Crippen molar-refractivity contribution in [1.82, 2.24) is 20.7 Å². The maximum Gasteiger partial charge on any atom is 0.250 e. The summed E-state index contributed by atoms with van der Waals surface area (Å²) >= 11 is 1.06. The van der Waals surface area contributed by atoms with Crippen LogP contribution in [-0.4, -0.2) is 45.9 Å². The highest BCUT2D eigenvalue weighted by molar-refractivity contribution is 7.91. The largest absolute Gasteiger partial charge is 0.351 e. The Morgan fingerprint density at radius 3 is 2.83 bits per heavy atom. The molecule has 1 aromatic rings. The lowest BCUT2D eigenvalue weighted by molar-refractivity contribution is -0.121. The number of carbonyl (C=O) groups is 2. The lowest BCUT2D eigenvalue weighted by Crippen LogP contribution is -2.48. The summed E-state index contributed by atoms with van der Waals surface area (Å²) in [6, 6.07) is 3.15. The summed E-state index contributed by atoms with van der Waals surface area (Å²) in [6.45, 7) is 3.03. The van der Waals surface area contributed by atoms with Crippen molar-refractivity contribution in [2.75, 3.05) is 19.6 Å². The van der Waals surface area contributed by atoms with Crippen molar-refractivity contribution < 1.29 is 18.0 Å². The molecular weight excluding hydrogens is 352 g/mol. The SMILES string of the molecule is CC(=O)NCc1ccc(S(=O)(=O)NCC(=O)N[C@H]2CCCNC2)s1. The summed E-state index contributed by atoms with van der Waals surface area (Å²) in [4.78, 5) is 23.5. The fourth-order valence-corrected chi connectivity index (χ4v) is 4.62. The Morgan fingerprint density at radius 2 is 2.17 bits per heavy atom. The van der Waals surface area contributed by atoms with Gasteiger partial charge in [-0.1, -0.05) is 0 Å². The van der Waals surface area contributed by atoms with Crippen molar-refractivity contribution in [1.29, 1.82) is 0 Å². The number of amides is 2. The minimum absolute atomic E-state index is 0.0433. The maximum absolute atomic E-state index is 12.2. The molecule has 0 radical (unpaired) electrons. The third-order valence-electron chi connectivity index (χ3n) is 3.50. The van der Waals surface area contributed by atoms with E-state index in [0.29, 0.717) is 6.54 Å². The van der Waals surface area contributed by atoms with Gasteiger partial charge in [-0.2, -0.15) is 0 Å². The number of hydrogen-bond acceptors (Lipinski definition) is 6. The van der Waals surface area contributed by atoms with E-state index in [1.54, 1.807) is 6.07 Å². The molecule has 1 aromatic heterocycles. The fraction of sp³-hybridized carbons (Fsp3) is 0.571. The van der Waals surface area contributed by atoms with E-state index >= 15 is 0 Å². The summed E-state index contributed by atoms with van der Waals surface area (Å²) in [7, 11) is -3.73. The van der Waals surface area contributed by atoms with Crippen molar-refractivity contribution in [3.63, 3.8) is 0 Å². The van der Waals surface area contributed by atoms with Gasteiger partial charge in [0.05, 0.1) is 13.1 Å². The molecule has 24 heavy (non-hydrogen) atoms. The summed E-state index contributed by atoms with van der Waals surface area (Å²) in [5, 5.41) is 8.60. The predicted molar refractivity (Wildman–Crippen MR) is 91.1 cm³/mol. The number of piperidine rings is 1. The average molecular weight is 374 g/mol. The molecule has 2 rings (SSSR count). The third kappa shape index (κ3) is 5.86. The lowest BCUT2D eigenvalue weighted by atomic mass is 10.1. The van der Waals surface area contributed by atoms with Gasteiger partial charge in [0.2, 0.25) is 11.8 Å². The average Bonchev–Trinajstić information content (AvgIpc) is 3.02. The topological polar surface area (TPSA) is 116 Å². The first kappa shape index (κ1) is 18.8. The van der Waals surface area contributed by atoms with Crippen LogP contribution in [0.2, 0.25) is 0 Å². The van der Waals surface area contributed by atoms with E-state index in [1.807, 2.05) is 0 Å². The van der Waals surface area contributed by atoms with E-state index in [9.17, 15) is 18.0 Å². The second-order valence-electron chi connectivity index (χ2n) is 5.57. The van der Waals surface area contributed by atoms with Crippen LogP contribution in [0.1, 0.15) is 24.6 Å². The molecule has 2 amide bonds. The maximum atomic E-state index is 12.2. The molecule has 1 aliphatic heterocycles. The van der Waals surface area contributed by atoms with Gasteiger partial charge in [-0.15, -0.1) is 11.3 Å². The van der Waals surface area contributed by atoms with E-state index < -0.39 is 10.0 Å². The molecule has 0 saturated carbocycles. The molecule has 1 fully saturated rings. The van der Waals surface area contributed by atoms with Crippen LogP contribution in [-0.2, 0) is 26.2 Å². The predicted octanol–water partition coefficient (Wildman–Crippen LogP) is -0.469. The van der Waals surface area contributed by atoms with Crippen LogP contribution in [0, 0.1) is 0 Å². The first-order valence-corrected chi connectivity index (χ1v) is 9.99. The first-order chi connectivity index (χ1) is 11.4. The molecule has 0 spiro atoms. The van der Waals surface area contributed by atoms with Gasteiger partial charge in [0.1, 0.15) is 4.21 Å². The monoisotopic (exact) mass is 374 g/mol.